The molecule has 1 aliphatic rings. The molecule has 0 aromatic carbocycles. The molecule has 592 valence electrons. The Kier molecular flexibility index (Phi) is 38.8. The molecule has 0 aromatic heterocycles. The summed E-state index contributed by atoms with van der Waals surface area (Å²) in [7, 11) is 0. The summed E-state index contributed by atoms with van der Waals surface area (Å²) in [4.78, 5) is 245. The van der Waals surface area contributed by atoms with Crippen LogP contribution in [0.5, 0.6) is 0 Å². The van der Waals surface area contributed by atoms with E-state index in [2.05, 4.69) is 47.9 Å². The van der Waals surface area contributed by atoms with E-state index in [0.29, 0.717) is 0 Å². The first-order valence-corrected chi connectivity index (χ1v) is 35.5. The van der Waals surface area contributed by atoms with Crippen LogP contribution in [0.3, 0.4) is 0 Å². The summed E-state index contributed by atoms with van der Waals surface area (Å²) >= 11 is 0. The Bertz CT molecular complexity index is 3190. The van der Waals surface area contributed by atoms with Gasteiger partial charge in [0.1, 0.15) is 47.6 Å². The zero-order valence-corrected chi connectivity index (χ0v) is 63.0. The summed E-state index contributed by atoms with van der Waals surface area (Å²) in [6, 6.07) is -14.5. The Balaban J connectivity index is 3.93. The normalized spacial score (nSPS) is 22.6. The average molecular weight is 1490 g/mol. The topological polar surface area (TPSA) is 606 Å². The molecule has 0 aromatic rings. The number of carbonyl (C=O) groups is 18. The summed E-state index contributed by atoms with van der Waals surface area (Å²) in [5, 5.41) is 53.2. The van der Waals surface area contributed by atoms with Gasteiger partial charge in [0.25, 0.3) is 0 Å². The van der Waals surface area contributed by atoms with Crippen LogP contribution in [-0.2, 0) is 86.3 Å². The molecule has 0 fully saturated rings. The first-order valence-electron chi connectivity index (χ1n) is 35.5. The quantitative estimate of drug-likeness (QED) is 0.0288. The number of nitrogens with two attached hydrogens (primary N) is 5. The van der Waals surface area contributed by atoms with Crippen LogP contribution in [0.25, 0.3) is 0 Å². The molecule has 105 heavy (non-hydrogen) atoms. The highest BCUT2D eigenvalue weighted by Gasteiger charge is 2.45. The van der Waals surface area contributed by atoms with Crippen LogP contribution in [0, 0.1) is 40.4 Å². The van der Waals surface area contributed by atoms with Crippen molar-refractivity contribution < 1.29 is 102 Å². The van der Waals surface area contributed by atoms with Gasteiger partial charge in [0.2, 0.25) is 76.8 Å². The monoisotopic (exact) mass is 1490 g/mol. The van der Waals surface area contributed by atoms with E-state index < -0.39 is 276 Å². The van der Waals surface area contributed by atoms with Crippen LogP contribution in [0.4, 0.5) is 0 Å². The maximum atomic E-state index is 14.9. The number of rotatable bonds is 37. The van der Waals surface area contributed by atoms with E-state index in [1.54, 1.807) is 74.5 Å². The Morgan fingerprint density at radius 2 is 1.12 bits per heavy atom. The number of aliphatic hydroxyl groups excluding tert-OH is 2. The molecule has 1 aliphatic heterocycles. The van der Waals surface area contributed by atoms with E-state index in [9.17, 15) is 102 Å². The number of carboxylic acids is 1. The molecule has 13 amide bonds. The molecule has 0 saturated heterocycles. The predicted octanol–water partition coefficient (Wildman–Crippen LogP) is -2.40. The fraction of sp³-hybridized carbons (Fsp3) is 0.714. The van der Waals surface area contributed by atoms with Crippen molar-refractivity contribution in [1.82, 2.24) is 47.9 Å². The van der Waals surface area contributed by atoms with Gasteiger partial charge in [-0.2, -0.15) is 0 Å². The maximum absolute atomic E-state index is 14.9. The van der Waals surface area contributed by atoms with Crippen LogP contribution in [0.15, 0.2) is 12.2 Å². The number of ketones is 4. The van der Waals surface area contributed by atoms with E-state index in [1.807, 2.05) is 0 Å². The molecule has 0 radical (unpaired) electrons. The van der Waals surface area contributed by atoms with Gasteiger partial charge in [0, 0.05) is 43.4 Å². The van der Waals surface area contributed by atoms with Gasteiger partial charge in [-0.1, -0.05) is 94.2 Å². The number of aliphatic hydroxyl groups is 2. The summed E-state index contributed by atoms with van der Waals surface area (Å²) in [5.74, 6) is -22.9. The van der Waals surface area contributed by atoms with Crippen LogP contribution in [0.1, 0.15) is 206 Å². The predicted molar refractivity (Wildman–Crippen MR) is 380 cm³/mol. The number of Topliss-reactive ketones (excluding diaryl/α,β-unsaturated/α-hetero) is 4. The number of nitrogens with one attached hydrogen (secondary N) is 9. The number of aliphatic carboxylic acids is 1. The second kappa shape index (κ2) is 43.4. The van der Waals surface area contributed by atoms with Crippen molar-refractivity contribution in [1.29, 1.82) is 0 Å². The lowest BCUT2D eigenvalue weighted by atomic mass is 9.76. The van der Waals surface area contributed by atoms with Gasteiger partial charge in [0.05, 0.1) is 60.9 Å². The molecule has 35 nitrogen and oxygen atoms in total. The lowest BCUT2D eigenvalue weighted by Gasteiger charge is -2.35. The molecule has 1 rings (SSSR count). The lowest BCUT2D eigenvalue weighted by molar-refractivity contribution is -0.144. The Morgan fingerprint density at radius 1 is 0.590 bits per heavy atom. The molecule has 22 N–H and O–H groups in total. The van der Waals surface area contributed by atoms with Gasteiger partial charge in [-0.25, -0.2) is 0 Å². The van der Waals surface area contributed by atoms with Crippen LogP contribution < -0.4 is 76.5 Å². The number of hydrogen-bond donors (Lipinski definition) is 17. The molecule has 0 aliphatic carbocycles. The third kappa shape index (κ3) is 31.6. The van der Waals surface area contributed by atoms with Crippen molar-refractivity contribution in [2.24, 2.45) is 69.1 Å². The van der Waals surface area contributed by atoms with Gasteiger partial charge in [-0.05, 0) is 90.4 Å². The summed E-state index contributed by atoms with van der Waals surface area (Å²) in [6.45, 7) is 20.7. The van der Waals surface area contributed by atoms with Gasteiger partial charge in [-0.3, -0.25) is 86.3 Å². The first kappa shape index (κ1) is 93.9. The van der Waals surface area contributed by atoms with Gasteiger partial charge in [-0.15, -0.1) is 0 Å². The molecule has 0 unspecified atom stereocenters. The fourth-order valence-electron chi connectivity index (χ4n) is 11.6. The van der Waals surface area contributed by atoms with Gasteiger partial charge in [0.15, 0.2) is 17.3 Å². The third-order valence-electron chi connectivity index (χ3n) is 18.6. The SMILES string of the molecule is CC[C@H](C)[C@H](NC(=O)[C@H](C)NC(=O)[C@H](CC(N)=O)NC(=O)[C@H](CCC(N)=O)NC(=O)[C@@H](N)[C@@H](C)O)C(=O)C[C@@H](CC(=O)O)C(=O)N[C@@]1(C)CCC/C=C\CCC[C@@](C)(C(=O)N[C@H](C(=O)C[C@@H](CC(N)=O)C(=O)C(C)(C)C)C(C)C)CC(=O)[C@H](CC(N)=O)NC(=O)[C@H]([C@@H](C)O)NC(=O)[C@H]([C@@H](C)CC)NC1=O. The van der Waals surface area contributed by atoms with Crippen molar-refractivity contribution in [3.05, 3.63) is 12.2 Å². The standard InChI is InChI=1S/C70H116N14O21/c1-15-35(5)55(80-59(97)37(7)76-62(100)44(32-51(74)93)79-61(99)42(23-24-48(71)90)77-63(101)53(75)38(8)85)46(88)28-41(30-52(94)95)60(98)84-70(14)26-22-20-18-17-19-21-25-69(13,66(104)82-54(34(3)4)45(87)27-40(29-49(72)91)58(96)68(10,11)12)33-47(89)43(31-50(73)92)78-65(103)57(39(9)86)81-64(102)56(36(6)16-2)83-67(70)105/h17-18,34-44,53-57,85-86H,15-16,19-33,75H2,1-14H3,(H2,71,90)(H2,72,91)(H2,73,92)(H2,74,93)(H,76,100)(H,77,101)(H,78,103)(H,79,99)(H,80,97)(H,81,102)(H,82,104)(H,83,105)(H,84,98)(H,94,95)/b18-17-/t35-,36-,37-,38+,39+,40-,41-,42-,43-,44-,53-,54-,55-,56-,57-,69+,70-/m0/s1. The highest BCUT2D eigenvalue weighted by atomic mass is 16.4. The van der Waals surface area contributed by atoms with Crippen LogP contribution in [-0.4, -0.2) is 193 Å². The van der Waals surface area contributed by atoms with Crippen molar-refractivity contribution in [2.75, 3.05) is 0 Å². The molecule has 0 spiro atoms. The van der Waals surface area contributed by atoms with E-state index in [-0.39, 0.29) is 51.4 Å². The third-order valence-corrected chi connectivity index (χ3v) is 18.6. The molecule has 1 heterocycles. The number of carboxylic acid groups (broad SMARTS) is 1. The molecular formula is C70H116N14O21. The number of amides is 13. The van der Waals surface area contributed by atoms with E-state index in [4.69, 9.17) is 28.7 Å². The van der Waals surface area contributed by atoms with Crippen molar-refractivity contribution in [2.45, 2.75) is 278 Å². The minimum atomic E-state index is -2.05. The van der Waals surface area contributed by atoms with Crippen molar-refractivity contribution >= 4 is 106 Å². The average Bonchev–Trinajstić information content (AvgIpc) is 0.911. The molecule has 0 bridgehead atoms. The van der Waals surface area contributed by atoms with E-state index >= 15 is 0 Å². The fourth-order valence-corrected chi connectivity index (χ4v) is 11.6. The zero-order chi connectivity index (χ0) is 80.9. The Morgan fingerprint density at radius 3 is 1.62 bits per heavy atom. The van der Waals surface area contributed by atoms with E-state index in [1.165, 1.54) is 20.8 Å². The number of primary amides is 4. The Labute approximate surface area is 612 Å². The number of carbonyl (C=O) groups excluding carboxylic acids is 17. The summed E-state index contributed by atoms with van der Waals surface area (Å²) in [5.41, 5.74) is 22.7. The minimum absolute atomic E-state index is 0.0744. The summed E-state index contributed by atoms with van der Waals surface area (Å²) < 4.78 is 0. The van der Waals surface area contributed by atoms with Gasteiger partial charge >= 0.3 is 5.97 Å². The zero-order valence-electron chi connectivity index (χ0n) is 63.0. The van der Waals surface area contributed by atoms with E-state index in [0.717, 1.165) is 13.8 Å². The number of allylic oxidation sites excluding steroid dienone is 2. The summed E-state index contributed by atoms with van der Waals surface area (Å²) in [6.07, 6.45) is -4.96. The largest absolute Gasteiger partial charge is 0.481 e. The van der Waals surface area contributed by atoms with Crippen molar-refractivity contribution in [3.63, 3.8) is 0 Å². The Hall–Kier alpha value is -9.12. The molecule has 17 atom stereocenters. The lowest BCUT2D eigenvalue weighted by Crippen LogP contribution is -2.64. The van der Waals surface area contributed by atoms with Gasteiger partial charge < -0.3 is 91.8 Å². The van der Waals surface area contributed by atoms with Crippen LogP contribution in [0.2, 0.25) is 0 Å². The minimum Gasteiger partial charge on any atom is -0.481 e. The second-order valence-corrected chi connectivity index (χ2v) is 29.6. The molecule has 0 saturated carbocycles. The highest BCUT2D eigenvalue weighted by molar-refractivity contribution is 6.03. The smallest absolute Gasteiger partial charge is 0.304 e. The van der Waals surface area contributed by atoms with Crippen LogP contribution >= 0.6 is 0 Å². The second-order valence-electron chi connectivity index (χ2n) is 29.6. The maximum Gasteiger partial charge on any atom is 0.304 e. The molecular weight excluding hydrogens is 1370 g/mol. The molecule has 35 heteroatoms. The van der Waals surface area contributed by atoms with Crippen molar-refractivity contribution in [3.8, 4) is 0 Å². The first-order chi connectivity index (χ1) is 48.5. The number of hydrogen-bond acceptors (Lipinski definition) is 21. The highest BCUT2D eigenvalue weighted by Crippen LogP contribution is 2.33.